The molecule has 3 heterocycles. The Morgan fingerprint density at radius 3 is 2.57 bits per heavy atom. The van der Waals surface area contributed by atoms with Crippen LogP contribution in [0, 0.1) is 11.8 Å². The van der Waals surface area contributed by atoms with Gasteiger partial charge in [0.1, 0.15) is 17.4 Å². The molecule has 0 aliphatic carbocycles. The molecular weight excluding hydrogens is 474 g/mol. The quantitative estimate of drug-likeness (QED) is 0.328. The first-order valence-corrected chi connectivity index (χ1v) is 13.9. The highest BCUT2D eigenvalue weighted by Gasteiger charge is 2.74. The Morgan fingerprint density at radius 1 is 1.11 bits per heavy atom. The number of fused-ring (bicyclic) bond motifs is 1. The van der Waals surface area contributed by atoms with Gasteiger partial charge in [-0.3, -0.25) is 14.4 Å². The summed E-state index contributed by atoms with van der Waals surface area (Å²) in [6, 6.07) is 6.44. The highest BCUT2D eigenvalue weighted by molar-refractivity contribution is 6.02. The summed E-state index contributed by atoms with van der Waals surface area (Å²) in [5.74, 6) is -1.18. The second-order valence-corrected chi connectivity index (χ2v) is 10.3. The molecule has 9 heteroatoms. The van der Waals surface area contributed by atoms with Gasteiger partial charge in [-0.2, -0.15) is 0 Å². The molecular formula is C28H41N3O6. The molecule has 1 aromatic carbocycles. The van der Waals surface area contributed by atoms with Crippen LogP contribution in [-0.2, 0) is 19.1 Å². The number of carbonyl (C=O) groups is 3. The molecule has 1 spiro atoms. The summed E-state index contributed by atoms with van der Waals surface area (Å²) in [4.78, 5) is 42.5. The van der Waals surface area contributed by atoms with Gasteiger partial charge in [0, 0.05) is 25.4 Å². The van der Waals surface area contributed by atoms with Crippen molar-refractivity contribution >= 4 is 23.4 Å². The maximum atomic E-state index is 13.8. The number of likely N-dealkylation sites (tertiary alicyclic amines) is 1. The van der Waals surface area contributed by atoms with Crippen molar-refractivity contribution in [2.45, 2.75) is 83.0 Å². The normalized spacial score (nSPS) is 27.9. The molecule has 3 aliphatic heterocycles. The van der Waals surface area contributed by atoms with E-state index < -0.39 is 23.5 Å². The number of ether oxygens (including phenoxy) is 2. The lowest BCUT2D eigenvalue weighted by Crippen LogP contribution is -2.55. The van der Waals surface area contributed by atoms with Crippen LogP contribution in [-0.4, -0.2) is 71.8 Å². The van der Waals surface area contributed by atoms with Gasteiger partial charge in [0.25, 0.3) is 0 Å². The van der Waals surface area contributed by atoms with Crippen LogP contribution in [0.2, 0.25) is 0 Å². The highest BCUT2D eigenvalue weighted by atomic mass is 16.5. The van der Waals surface area contributed by atoms with E-state index >= 15 is 0 Å². The molecule has 3 fully saturated rings. The van der Waals surface area contributed by atoms with Gasteiger partial charge in [-0.05, 0) is 63.3 Å². The molecule has 3 saturated heterocycles. The molecule has 0 radical (unpaired) electrons. The van der Waals surface area contributed by atoms with Crippen molar-refractivity contribution in [1.29, 1.82) is 0 Å². The van der Waals surface area contributed by atoms with Crippen LogP contribution in [0.3, 0.4) is 0 Å². The second kappa shape index (κ2) is 12.3. The van der Waals surface area contributed by atoms with Gasteiger partial charge in [0.05, 0.1) is 24.5 Å². The minimum atomic E-state index is -0.968. The average Bonchev–Trinajstić information content (AvgIpc) is 3.53. The molecule has 37 heavy (non-hydrogen) atoms. The molecule has 2 unspecified atom stereocenters. The van der Waals surface area contributed by atoms with E-state index in [1.807, 2.05) is 6.92 Å². The van der Waals surface area contributed by atoms with Crippen LogP contribution in [0.5, 0.6) is 5.75 Å². The summed E-state index contributed by atoms with van der Waals surface area (Å²) in [5.41, 5.74) is -0.338. The minimum absolute atomic E-state index is 0.149. The van der Waals surface area contributed by atoms with Crippen molar-refractivity contribution in [3.05, 3.63) is 24.3 Å². The Morgan fingerprint density at radius 2 is 1.86 bits per heavy atom. The minimum Gasteiger partial charge on any atom is -0.494 e. The fraction of sp³-hybridized carbons (Fsp3) is 0.679. The topological polar surface area (TPSA) is 117 Å². The third-order valence-corrected chi connectivity index (χ3v) is 7.92. The summed E-state index contributed by atoms with van der Waals surface area (Å²) in [6.45, 7) is 5.68. The molecule has 5 atom stereocenters. The monoisotopic (exact) mass is 515 g/mol. The molecule has 1 aromatic rings. The maximum Gasteiger partial charge on any atom is 0.245 e. The fourth-order valence-corrected chi connectivity index (χ4v) is 6.25. The average molecular weight is 516 g/mol. The fourth-order valence-electron chi connectivity index (χ4n) is 6.25. The first kappa shape index (κ1) is 27.4. The van der Waals surface area contributed by atoms with Crippen LogP contribution in [0.4, 0.5) is 5.69 Å². The zero-order valence-electron chi connectivity index (χ0n) is 22.0. The standard InChI is InChI=1S/C28H41N3O6/c1-3-5-16-29-26(34)24-28-15-14-21(37-28)22(23(28)27(35)31(24)17-8-6-7-9-18-32)25(33)30-19-10-12-20(13-11-19)36-4-2/h10-13,21-24,32H,3-9,14-18H2,1-2H3,(H,29,34)(H,30,33)/t21-,22+,23-,24?,28?/m0/s1. The molecule has 3 amide bonds. The number of nitrogens with zero attached hydrogens (tertiary/aromatic N) is 1. The number of unbranched alkanes of at least 4 members (excludes halogenated alkanes) is 4. The molecule has 204 valence electrons. The van der Waals surface area contributed by atoms with Gasteiger partial charge >= 0.3 is 0 Å². The van der Waals surface area contributed by atoms with Gasteiger partial charge < -0.3 is 30.1 Å². The zero-order valence-corrected chi connectivity index (χ0v) is 22.0. The molecule has 4 rings (SSSR count). The van der Waals surface area contributed by atoms with E-state index in [1.165, 1.54) is 0 Å². The van der Waals surface area contributed by atoms with Gasteiger partial charge in [-0.25, -0.2) is 0 Å². The van der Waals surface area contributed by atoms with Gasteiger partial charge in [0.15, 0.2) is 0 Å². The number of nitrogens with one attached hydrogen (secondary N) is 2. The van der Waals surface area contributed by atoms with Gasteiger partial charge in [-0.1, -0.05) is 26.2 Å². The Balaban J connectivity index is 1.53. The number of hydrogen-bond donors (Lipinski definition) is 3. The number of benzene rings is 1. The number of hydrogen-bond acceptors (Lipinski definition) is 6. The van der Waals surface area contributed by atoms with Crippen LogP contribution >= 0.6 is 0 Å². The number of rotatable bonds is 14. The predicted octanol–water partition coefficient (Wildman–Crippen LogP) is 2.87. The first-order chi connectivity index (χ1) is 18.0. The van der Waals surface area contributed by atoms with E-state index in [9.17, 15) is 14.4 Å². The molecule has 9 nitrogen and oxygen atoms in total. The van der Waals surface area contributed by atoms with E-state index in [-0.39, 0.29) is 30.4 Å². The molecule has 0 aromatic heterocycles. The van der Waals surface area contributed by atoms with Crippen molar-refractivity contribution in [3.63, 3.8) is 0 Å². The third kappa shape index (κ3) is 5.48. The lowest BCUT2D eigenvalue weighted by Gasteiger charge is -2.33. The molecule has 3 aliphatic rings. The lowest BCUT2D eigenvalue weighted by atomic mass is 9.70. The zero-order chi connectivity index (χ0) is 26.4. The molecule has 0 saturated carbocycles. The number of anilines is 1. The summed E-state index contributed by atoms with van der Waals surface area (Å²) in [7, 11) is 0. The van der Waals surface area contributed by atoms with E-state index in [0.29, 0.717) is 38.2 Å². The summed E-state index contributed by atoms with van der Waals surface area (Å²) in [5, 5.41) is 15.0. The molecule has 3 N–H and O–H groups in total. The van der Waals surface area contributed by atoms with E-state index in [2.05, 4.69) is 17.6 Å². The van der Waals surface area contributed by atoms with Crippen LogP contribution < -0.4 is 15.4 Å². The predicted molar refractivity (Wildman–Crippen MR) is 139 cm³/mol. The summed E-state index contributed by atoms with van der Waals surface area (Å²) < 4.78 is 11.9. The number of aliphatic hydroxyl groups is 1. The maximum absolute atomic E-state index is 13.8. The smallest absolute Gasteiger partial charge is 0.245 e. The Kier molecular flexibility index (Phi) is 9.08. The Bertz CT molecular complexity index is 954. The van der Waals surface area contributed by atoms with Crippen LogP contribution in [0.1, 0.15) is 65.2 Å². The third-order valence-electron chi connectivity index (χ3n) is 7.92. The second-order valence-electron chi connectivity index (χ2n) is 10.3. The number of aliphatic hydroxyl groups excluding tert-OH is 1. The van der Waals surface area contributed by atoms with Crippen LogP contribution in [0.15, 0.2) is 24.3 Å². The largest absolute Gasteiger partial charge is 0.494 e. The Hall–Kier alpha value is -2.65. The Labute approximate surface area is 219 Å². The number of carbonyl (C=O) groups excluding carboxylic acids is 3. The van der Waals surface area contributed by atoms with Crippen molar-refractivity contribution < 1.29 is 29.0 Å². The van der Waals surface area contributed by atoms with Crippen LogP contribution in [0.25, 0.3) is 0 Å². The lowest BCUT2D eigenvalue weighted by molar-refractivity contribution is -0.141. The van der Waals surface area contributed by atoms with E-state index in [1.54, 1.807) is 29.2 Å². The van der Waals surface area contributed by atoms with Crippen molar-refractivity contribution in [3.8, 4) is 5.75 Å². The SMILES string of the molecule is CCCCNC(=O)C1N(CCCCCCO)C(=O)[C@@H]2[C@H](C(=O)Nc3ccc(OCC)cc3)[C@@H]3CCC12O3. The molecule has 2 bridgehead atoms. The van der Waals surface area contributed by atoms with Crippen molar-refractivity contribution in [2.24, 2.45) is 11.8 Å². The summed E-state index contributed by atoms with van der Waals surface area (Å²) >= 11 is 0. The van der Waals surface area contributed by atoms with E-state index in [4.69, 9.17) is 14.6 Å². The van der Waals surface area contributed by atoms with Crippen molar-refractivity contribution in [1.82, 2.24) is 10.2 Å². The van der Waals surface area contributed by atoms with Crippen molar-refractivity contribution in [2.75, 3.05) is 31.6 Å². The highest BCUT2D eigenvalue weighted by Crippen LogP contribution is 2.58. The summed E-state index contributed by atoms with van der Waals surface area (Å²) in [6.07, 6.45) is 5.86. The van der Waals surface area contributed by atoms with Gasteiger partial charge in [-0.15, -0.1) is 0 Å². The van der Waals surface area contributed by atoms with E-state index in [0.717, 1.165) is 44.3 Å². The number of amides is 3. The van der Waals surface area contributed by atoms with Gasteiger partial charge in [0.2, 0.25) is 17.7 Å². The first-order valence-electron chi connectivity index (χ1n) is 13.9.